The highest BCUT2D eigenvalue weighted by atomic mass is 16.5. The molecule has 0 spiro atoms. The van der Waals surface area contributed by atoms with Gasteiger partial charge in [-0.25, -0.2) is 0 Å². The molecule has 0 aromatic heterocycles. The van der Waals surface area contributed by atoms with Gasteiger partial charge >= 0.3 is 0 Å². The first kappa shape index (κ1) is 15.0. The Kier molecular flexibility index (Phi) is 5.63. The zero-order valence-electron chi connectivity index (χ0n) is 11.9. The number of rotatable bonds is 6. The summed E-state index contributed by atoms with van der Waals surface area (Å²) in [4.78, 5) is 0. The monoisotopic (exact) mass is 250 g/mol. The average molecular weight is 250 g/mol. The fraction of sp³-hybridized carbons (Fsp3) is 0.600. The van der Waals surface area contributed by atoms with Crippen LogP contribution in [0.3, 0.4) is 0 Å². The van der Waals surface area contributed by atoms with Crippen LogP contribution in [0.5, 0.6) is 5.75 Å². The lowest BCUT2D eigenvalue weighted by molar-refractivity contribution is 0.320. The highest BCUT2D eigenvalue weighted by Gasteiger charge is 2.24. The molecule has 18 heavy (non-hydrogen) atoms. The molecule has 0 aliphatic heterocycles. The van der Waals surface area contributed by atoms with Crippen molar-refractivity contribution in [3.05, 3.63) is 29.3 Å². The van der Waals surface area contributed by atoms with Crippen LogP contribution in [0.2, 0.25) is 0 Å². The van der Waals surface area contributed by atoms with Crippen molar-refractivity contribution in [1.82, 2.24) is 0 Å². The van der Waals surface area contributed by atoms with Crippen LogP contribution in [0, 0.1) is 11.8 Å². The SMILES string of the molecule is CCc1ccc(OC)c(C(N)C(CN)C(C)C)c1. The zero-order chi connectivity index (χ0) is 13.7. The Morgan fingerprint density at radius 3 is 2.39 bits per heavy atom. The van der Waals surface area contributed by atoms with E-state index in [0.717, 1.165) is 17.7 Å². The van der Waals surface area contributed by atoms with Gasteiger partial charge in [0.15, 0.2) is 0 Å². The Bertz CT molecular complexity index is 377. The average Bonchev–Trinajstić information content (AvgIpc) is 2.38. The van der Waals surface area contributed by atoms with Crippen LogP contribution in [0.25, 0.3) is 0 Å². The van der Waals surface area contributed by atoms with Gasteiger partial charge in [0.1, 0.15) is 5.75 Å². The van der Waals surface area contributed by atoms with E-state index in [1.165, 1.54) is 5.56 Å². The standard InChI is InChI=1S/C15H26N2O/c1-5-11-6-7-14(18-4)12(8-11)15(17)13(9-16)10(2)3/h6-8,10,13,15H,5,9,16-17H2,1-4H3. The first-order chi connectivity index (χ1) is 8.54. The number of nitrogens with two attached hydrogens (primary N) is 2. The zero-order valence-corrected chi connectivity index (χ0v) is 11.9. The maximum Gasteiger partial charge on any atom is 0.123 e. The molecular weight excluding hydrogens is 224 g/mol. The molecular formula is C15H26N2O. The third kappa shape index (κ3) is 3.24. The molecule has 3 nitrogen and oxygen atoms in total. The van der Waals surface area contributed by atoms with Gasteiger partial charge in [-0.15, -0.1) is 0 Å². The second kappa shape index (κ2) is 6.76. The summed E-state index contributed by atoms with van der Waals surface area (Å²) >= 11 is 0. The molecule has 0 saturated carbocycles. The molecule has 0 aliphatic carbocycles. The molecule has 0 radical (unpaired) electrons. The highest BCUT2D eigenvalue weighted by Crippen LogP contribution is 2.32. The van der Waals surface area contributed by atoms with Crippen molar-refractivity contribution < 1.29 is 4.74 Å². The van der Waals surface area contributed by atoms with Crippen molar-refractivity contribution in [3.8, 4) is 5.75 Å². The molecule has 2 unspecified atom stereocenters. The molecule has 4 N–H and O–H groups in total. The molecule has 3 heteroatoms. The fourth-order valence-corrected chi connectivity index (χ4v) is 2.33. The lowest BCUT2D eigenvalue weighted by Gasteiger charge is -2.27. The Morgan fingerprint density at radius 2 is 1.94 bits per heavy atom. The normalized spacial score (nSPS) is 14.6. The molecule has 0 amide bonds. The molecule has 0 bridgehead atoms. The van der Waals surface area contributed by atoms with Gasteiger partial charge in [-0.05, 0) is 36.4 Å². The molecule has 1 rings (SSSR count). The van der Waals surface area contributed by atoms with Crippen LogP contribution >= 0.6 is 0 Å². The summed E-state index contributed by atoms with van der Waals surface area (Å²) < 4.78 is 5.42. The lowest BCUT2D eigenvalue weighted by atomic mass is 9.84. The minimum absolute atomic E-state index is 0.0727. The Labute approximate surface area is 111 Å². The van der Waals surface area contributed by atoms with E-state index in [1.807, 2.05) is 6.07 Å². The van der Waals surface area contributed by atoms with Crippen molar-refractivity contribution in [2.45, 2.75) is 33.2 Å². The second-order valence-electron chi connectivity index (χ2n) is 5.10. The van der Waals surface area contributed by atoms with Gasteiger partial charge in [-0.3, -0.25) is 0 Å². The van der Waals surface area contributed by atoms with Gasteiger partial charge in [0.05, 0.1) is 7.11 Å². The van der Waals surface area contributed by atoms with Crippen LogP contribution in [0.1, 0.15) is 37.9 Å². The minimum atomic E-state index is -0.0727. The molecule has 1 aromatic rings. The summed E-state index contributed by atoms with van der Waals surface area (Å²) in [7, 11) is 1.68. The number of methoxy groups -OCH3 is 1. The largest absolute Gasteiger partial charge is 0.496 e. The molecule has 2 atom stereocenters. The van der Waals surface area contributed by atoms with Gasteiger partial charge in [0.25, 0.3) is 0 Å². The van der Waals surface area contributed by atoms with E-state index in [0.29, 0.717) is 12.5 Å². The van der Waals surface area contributed by atoms with Gasteiger partial charge in [0, 0.05) is 11.6 Å². The van der Waals surface area contributed by atoms with Crippen molar-refractivity contribution in [2.75, 3.05) is 13.7 Å². The predicted molar refractivity (Wildman–Crippen MR) is 76.7 cm³/mol. The van der Waals surface area contributed by atoms with Crippen molar-refractivity contribution >= 4 is 0 Å². The van der Waals surface area contributed by atoms with E-state index in [2.05, 4.69) is 32.9 Å². The van der Waals surface area contributed by atoms with E-state index in [9.17, 15) is 0 Å². The number of ether oxygens (including phenoxy) is 1. The Hall–Kier alpha value is -1.06. The summed E-state index contributed by atoms with van der Waals surface area (Å²) in [6.45, 7) is 7.05. The molecule has 102 valence electrons. The van der Waals surface area contributed by atoms with Gasteiger partial charge in [-0.2, -0.15) is 0 Å². The van der Waals surface area contributed by atoms with Crippen molar-refractivity contribution in [3.63, 3.8) is 0 Å². The van der Waals surface area contributed by atoms with E-state index in [4.69, 9.17) is 16.2 Å². The predicted octanol–water partition coefficient (Wildman–Crippen LogP) is 2.49. The summed E-state index contributed by atoms with van der Waals surface area (Å²) in [5, 5.41) is 0. The van der Waals surface area contributed by atoms with Crippen molar-refractivity contribution in [1.29, 1.82) is 0 Å². The fourth-order valence-electron chi connectivity index (χ4n) is 2.33. The third-order valence-electron chi connectivity index (χ3n) is 3.65. The number of hydrogen-bond donors (Lipinski definition) is 2. The molecule has 0 heterocycles. The van der Waals surface area contributed by atoms with Gasteiger partial charge < -0.3 is 16.2 Å². The summed E-state index contributed by atoms with van der Waals surface area (Å²) in [5.74, 6) is 1.59. The maximum absolute atomic E-state index is 6.39. The van der Waals surface area contributed by atoms with Gasteiger partial charge in [0.2, 0.25) is 0 Å². The first-order valence-corrected chi connectivity index (χ1v) is 6.67. The topological polar surface area (TPSA) is 61.3 Å². The smallest absolute Gasteiger partial charge is 0.123 e. The lowest BCUT2D eigenvalue weighted by Crippen LogP contribution is -2.32. The van der Waals surface area contributed by atoms with Crippen LogP contribution in [-0.4, -0.2) is 13.7 Å². The van der Waals surface area contributed by atoms with Crippen LogP contribution in [-0.2, 0) is 6.42 Å². The van der Waals surface area contributed by atoms with E-state index >= 15 is 0 Å². The second-order valence-corrected chi connectivity index (χ2v) is 5.10. The number of benzene rings is 1. The van der Waals surface area contributed by atoms with Crippen LogP contribution in [0.15, 0.2) is 18.2 Å². The Balaban J connectivity index is 3.12. The maximum atomic E-state index is 6.39. The van der Waals surface area contributed by atoms with E-state index in [-0.39, 0.29) is 12.0 Å². The van der Waals surface area contributed by atoms with E-state index in [1.54, 1.807) is 7.11 Å². The molecule has 0 fully saturated rings. The van der Waals surface area contributed by atoms with E-state index < -0.39 is 0 Å². The minimum Gasteiger partial charge on any atom is -0.496 e. The van der Waals surface area contributed by atoms with Gasteiger partial charge in [-0.1, -0.05) is 32.9 Å². The van der Waals surface area contributed by atoms with Crippen LogP contribution in [0.4, 0.5) is 0 Å². The number of aryl methyl sites for hydroxylation is 1. The Morgan fingerprint density at radius 1 is 1.28 bits per heavy atom. The first-order valence-electron chi connectivity index (χ1n) is 6.67. The van der Waals surface area contributed by atoms with Crippen LogP contribution < -0.4 is 16.2 Å². The summed E-state index contributed by atoms with van der Waals surface area (Å²) in [6, 6.07) is 6.16. The summed E-state index contributed by atoms with van der Waals surface area (Å²) in [6.07, 6.45) is 0.999. The number of hydrogen-bond acceptors (Lipinski definition) is 3. The van der Waals surface area contributed by atoms with Crippen molar-refractivity contribution in [2.24, 2.45) is 23.3 Å². The quantitative estimate of drug-likeness (QED) is 0.815. The molecule has 0 saturated heterocycles. The summed E-state index contributed by atoms with van der Waals surface area (Å²) in [5.41, 5.74) is 14.6. The third-order valence-corrected chi connectivity index (χ3v) is 3.65. The molecule has 1 aromatic carbocycles. The molecule has 0 aliphatic rings. The highest BCUT2D eigenvalue weighted by molar-refractivity contribution is 5.39.